The van der Waals surface area contributed by atoms with Crippen LogP contribution in [0, 0.1) is 10.1 Å². The molecule has 2 aromatic carbocycles. The minimum absolute atomic E-state index is 0.0147. The van der Waals surface area contributed by atoms with Crippen molar-refractivity contribution in [1.82, 2.24) is 0 Å². The van der Waals surface area contributed by atoms with Crippen LogP contribution < -0.4 is 0 Å². The van der Waals surface area contributed by atoms with E-state index < -0.39 is 16.5 Å². The van der Waals surface area contributed by atoms with E-state index in [1.54, 1.807) is 0 Å². The molecule has 0 saturated carbocycles. The second-order valence-electron chi connectivity index (χ2n) is 3.97. The van der Waals surface area contributed by atoms with E-state index >= 15 is 0 Å². The molecule has 0 radical (unpaired) electrons. The van der Waals surface area contributed by atoms with Gasteiger partial charge in [-0.1, -0.05) is 23.7 Å². The molecule has 0 aromatic heterocycles. The van der Waals surface area contributed by atoms with Gasteiger partial charge in [-0.15, -0.1) is 0 Å². The first kappa shape index (κ1) is 13.9. The smallest absolute Gasteiger partial charge is 0.270 e. The second kappa shape index (κ2) is 5.63. The molecule has 6 heteroatoms. The first-order valence-corrected chi connectivity index (χ1v) is 5.96. The molecule has 0 unspecified atom stereocenters. The molecule has 5 nitrogen and oxygen atoms in total. The number of halogens is 1. The average molecular weight is 290 g/mol. The monoisotopic (exact) mass is 289 g/mol. The van der Waals surface area contributed by atoms with Crippen molar-refractivity contribution in [3.63, 3.8) is 0 Å². The van der Waals surface area contributed by atoms with Gasteiger partial charge in [0.05, 0.1) is 4.92 Å². The van der Waals surface area contributed by atoms with Gasteiger partial charge in [0.25, 0.3) is 5.69 Å². The molecule has 0 amide bonds. The maximum absolute atomic E-state index is 12.0. The van der Waals surface area contributed by atoms with Crippen molar-refractivity contribution < 1.29 is 14.5 Å². The lowest BCUT2D eigenvalue weighted by Gasteiger charge is -2.01. The van der Waals surface area contributed by atoms with Crippen LogP contribution >= 0.6 is 11.6 Å². The maximum Gasteiger partial charge on any atom is 0.270 e. The van der Waals surface area contributed by atoms with Gasteiger partial charge in [-0.25, -0.2) is 0 Å². The summed E-state index contributed by atoms with van der Waals surface area (Å²) in [6.45, 7) is 0. The summed E-state index contributed by atoms with van der Waals surface area (Å²) in [6, 6.07) is 10.9. The van der Waals surface area contributed by atoms with E-state index in [0.717, 1.165) is 6.07 Å². The van der Waals surface area contributed by atoms with E-state index in [1.807, 2.05) is 0 Å². The molecule has 0 N–H and O–H groups in total. The number of nitro benzene ring substituents is 1. The molecule has 0 aliphatic heterocycles. The zero-order valence-electron chi connectivity index (χ0n) is 10.1. The first-order valence-electron chi connectivity index (χ1n) is 5.58. The molecule has 0 saturated heterocycles. The summed E-state index contributed by atoms with van der Waals surface area (Å²) in [5, 5.41) is 11.1. The third kappa shape index (κ3) is 2.89. The lowest BCUT2D eigenvalue weighted by molar-refractivity contribution is -0.384. The number of hydrogen-bond donors (Lipinski definition) is 0. The molecule has 0 bridgehead atoms. The minimum Gasteiger partial charge on any atom is -0.285 e. The van der Waals surface area contributed by atoms with Crippen molar-refractivity contribution in [1.29, 1.82) is 0 Å². The van der Waals surface area contributed by atoms with Gasteiger partial charge in [0, 0.05) is 28.3 Å². The second-order valence-corrected chi connectivity index (χ2v) is 4.41. The Balaban J connectivity index is 2.31. The molecule has 20 heavy (non-hydrogen) atoms. The Morgan fingerprint density at radius 2 is 1.55 bits per heavy atom. The van der Waals surface area contributed by atoms with Crippen LogP contribution in [-0.4, -0.2) is 16.5 Å². The molecule has 0 atom stereocenters. The van der Waals surface area contributed by atoms with Crippen LogP contribution in [0.25, 0.3) is 0 Å². The number of nitrogens with zero attached hydrogens (tertiary/aromatic N) is 1. The third-order valence-electron chi connectivity index (χ3n) is 2.63. The van der Waals surface area contributed by atoms with Crippen molar-refractivity contribution in [3.05, 3.63) is 74.8 Å². The van der Waals surface area contributed by atoms with E-state index in [-0.39, 0.29) is 16.8 Å². The normalized spacial score (nSPS) is 10.1. The summed E-state index contributed by atoms with van der Waals surface area (Å²) in [5.74, 6) is -1.53. The van der Waals surface area contributed by atoms with Gasteiger partial charge in [0.1, 0.15) is 0 Å². The topological polar surface area (TPSA) is 77.3 Å². The van der Waals surface area contributed by atoms with Gasteiger partial charge in [-0.3, -0.25) is 19.7 Å². The molecule has 2 rings (SSSR count). The number of carbonyl (C=O) groups excluding carboxylic acids is 2. The molecular formula is C14H8ClNO4. The van der Waals surface area contributed by atoms with Gasteiger partial charge in [0.2, 0.25) is 11.6 Å². The van der Waals surface area contributed by atoms with Crippen molar-refractivity contribution >= 4 is 28.9 Å². The van der Waals surface area contributed by atoms with Crippen molar-refractivity contribution in [2.24, 2.45) is 0 Å². The van der Waals surface area contributed by atoms with E-state index in [0.29, 0.717) is 5.02 Å². The number of benzene rings is 2. The standard InChI is InChI=1S/C14H8ClNO4/c15-11-6-4-9(5-7-11)13(17)14(18)10-2-1-3-12(8-10)16(19)20/h1-8H. The number of hydrogen-bond acceptors (Lipinski definition) is 4. The zero-order valence-corrected chi connectivity index (χ0v) is 10.8. The van der Waals surface area contributed by atoms with Gasteiger partial charge in [0.15, 0.2) is 0 Å². The number of carbonyl (C=O) groups is 2. The number of Topliss-reactive ketones (excluding diaryl/α,β-unsaturated/α-hetero) is 2. The van der Waals surface area contributed by atoms with E-state index in [9.17, 15) is 19.7 Å². The van der Waals surface area contributed by atoms with Gasteiger partial charge in [-0.05, 0) is 24.3 Å². The largest absolute Gasteiger partial charge is 0.285 e. The minimum atomic E-state index is -0.795. The summed E-state index contributed by atoms with van der Waals surface area (Å²) in [5.41, 5.74) is -0.0650. The molecule has 0 heterocycles. The lowest BCUT2D eigenvalue weighted by Crippen LogP contribution is -2.14. The highest BCUT2D eigenvalue weighted by Crippen LogP contribution is 2.16. The van der Waals surface area contributed by atoms with Gasteiger partial charge >= 0.3 is 0 Å². The Hall–Kier alpha value is -2.53. The number of nitro groups is 1. The van der Waals surface area contributed by atoms with Crippen molar-refractivity contribution in [3.8, 4) is 0 Å². The van der Waals surface area contributed by atoms with Crippen LogP contribution in [0.1, 0.15) is 20.7 Å². The number of rotatable bonds is 4. The van der Waals surface area contributed by atoms with Crippen LogP contribution in [0.5, 0.6) is 0 Å². The predicted octanol–water partition coefficient (Wildman–Crippen LogP) is 3.31. The van der Waals surface area contributed by atoms with Crippen LogP contribution in [-0.2, 0) is 0 Å². The highest BCUT2D eigenvalue weighted by atomic mass is 35.5. The Bertz CT molecular complexity index is 695. The van der Waals surface area contributed by atoms with Crippen molar-refractivity contribution in [2.45, 2.75) is 0 Å². The van der Waals surface area contributed by atoms with E-state index in [4.69, 9.17) is 11.6 Å². The average Bonchev–Trinajstić information content (AvgIpc) is 2.46. The molecule has 100 valence electrons. The highest BCUT2D eigenvalue weighted by Gasteiger charge is 2.20. The number of non-ortho nitro benzene ring substituents is 1. The fourth-order valence-electron chi connectivity index (χ4n) is 1.62. The van der Waals surface area contributed by atoms with Crippen LogP contribution in [0.2, 0.25) is 5.02 Å². The summed E-state index contributed by atoms with van der Waals surface area (Å²) in [7, 11) is 0. The van der Waals surface area contributed by atoms with Crippen molar-refractivity contribution in [2.75, 3.05) is 0 Å². The SMILES string of the molecule is O=C(C(=O)c1cccc([N+](=O)[O-])c1)c1ccc(Cl)cc1. The van der Waals surface area contributed by atoms with Gasteiger partial charge in [-0.2, -0.15) is 0 Å². The fraction of sp³-hybridized carbons (Fsp3) is 0. The van der Waals surface area contributed by atoms with Crippen LogP contribution in [0.4, 0.5) is 5.69 Å². The molecular weight excluding hydrogens is 282 g/mol. The first-order chi connectivity index (χ1) is 9.49. The fourth-order valence-corrected chi connectivity index (χ4v) is 1.75. The summed E-state index contributed by atoms with van der Waals surface area (Å²) in [4.78, 5) is 34.0. The highest BCUT2D eigenvalue weighted by molar-refractivity contribution is 6.49. The Kier molecular flexibility index (Phi) is 3.91. The van der Waals surface area contributed by atoms with Crippen LogP contribution in [0.15, 0.2) is 48.5 Å². The quantitative estimate of drug-likeness (QED) is 0.374. The molecule has 0 aliphatic carbocycles. The van der Waals surface area contributed by atoms with Gasteiger partial charge < -0.3 is 0 Å². The van der Waals surface area contributed by atoms with E-state index in [2.05, 4.69) is 0 Å². The van der Waals surface area contributed by atoms with E-state index in [1.165, 1.54) is 42.5 Å². The summed E-state index contributed by atoms with van der Waals surface area (Å²) >= 11 is 5.70. The maximum atomic E-state index is 12.0. The Morgan fingerprint density at radius 3 is 2.15 bits per heavy atom. The Morgan fingerprint density at radius 1 is 0.950 bits per heavy atom. The summed E-state index contributed by atoms with van der Waals surface area (Å²) in [6.07, 6.45) is 0. The lowest BCUT2D eigenvalue weighted by atomic mass is 10.0. The zero-order chi connectivity index (χ0) is 14.7. The number of ketones is 2. The Labute approximate surface area is 118 Å². The summed E-state index contributed by atoms with van der Waals surface area (Å²) < 4.78 is 0. The molecule has 0 aliphatic rings. The predicted molar refractivity (Wildman–Crippen MR) is 73.2 cm³/mol. The van der Waals surface area contributed by atoms with Crippen LogP contribution in [0.3, 0.4) is 0 Å². The third-order valence-corrected chi connectivity index (χ3v) is 2.88. The molecule has 2 aromatic rings. The molecule has 0 fully saturated rings. The molecule has 0 spiro atoms.